The first-order valence-corrected chi connectivity index (χ1v) is 6.21. The van der Waals surface area contributed by atoms with Gasteiger partial charge in [0.25, 0.3) is 0 Å². The minimum atomic E-state index is 0.452. The summed E-state index contributed by atoms with van der Waals surface area (Å²) < 4.78 is 0. The molecule has 1 aromatic rings. The third-order valence-corrected chi connectivity index (χ3v) is 3.69. The number of benzene rings is 1. The minimum Gasteiger partial charge on any atom is -0.329 e. The highest BCUT2D eigenvalue weighted by atomic mass is 15.1. The minimum absolute atomic E-state index is 0.452. The Bertz CT molecular complexity index is 360. The molecule has 0 aromatic heterocycles. The van der Waals surface area contributed by atoms with E-state index in [1.54, 1.807) is 11.1 Å². The average Bonchev–Trinajstić information content (AvgIpc) is 2.75. The Hall–Kier alpha value is -0.860. The number of hydrogen-bond acceptors (Lipinski definition) is 2. The van der Waals surface area contributed by atoms with E-state index >= 15 is 0 Å². The van der Waals surface area contributed by atoms with Crippen LogP contribution in [0.15, 0.2) is 18.2 Å². The van der Waals surface area contributed by atoms with Crippen LogP contribution in [0.1, 0.15) is 30.0 Å². The molecule has 16 heavy (non-hydrogen) atoms. The SMILES string of the molecule is CC(CN)N(C)Cc1ccc2c(c1)CCC2. The lowest BCUT2D eigenvalue weighted by Gasteiger charge is -2.23. The van der Waals surface area contributed by atoms with Crippen molar-refractivity contribution >= 4 is 0 Å². The first-order valence-electron chi connectivity index (χ1n) is 6.21. The van der Waals surface area contributed by atoms with E-state index in [1.165, 1.54) is 24.8 Å². The molecular weight excluding hydrogens is 196 g/mol. The zero-order valence-electron chi connectivity index (χ0n) is 10.4. The Balaban J connectivity index is 2.05. The number of rotatable bonds is 4. The maximum absolute atomic E-state index is 5.68. The van der Waals surface area contributed by atoms with Crippen molar-refractivity contribution in [1.82, 2.24) is 4.90 Å². The van der Waals surface area contributed by atoms with Crippen molar-refractivity contribution in [2.45, 2.75) is 38.8 Å². The molecule has 0 radical (unpaired) electrons. The maximum Gasteiger partial charge on any atom is 0.0234 e. The van der Waals surface area contributed by atoms with E-state index in [2.05, 4.69) is 37.1 Å². The van der Waals surface area contributed by atoms with E-state index < -0.39 is 0 Å². The molecule has 2 rings (SSSR count). The molecule has 0 aliphatic heterocycles. The van der Waals surface area contributed by atoms with E-state index in [-0.39, 0.29) is 0 Å². The van der Waals surface area contributed by atoms with Crippen molar-refractivity contribution in [3.63, 3.8) is 0 Å². The van der Waals surface area contributed by atoms with Crippen LogP contribution in [-0.4, -0.2) is 24.5 Å². The highest BCUT2D eigenvalue weighted by Gasteiger charge is 2.12. The summed E-state index contributed by atoms with van der Waals surface area (Å²) in [6, 6.07) is 7.40. The summed E-state index contributed by atoms with van der Waals surface area (Å²) >= 11 is 0. The molecule has 88 valence electrons. The first kappa shape index (κ1) is 11.6. The lowest BCUT2D eigenvalue weighted by molar-refractivity contribution is 0.255. The molecule has 1 unspecified atom stereocenters. The van der Waals surface area contributed by atoms with Crippen LogP contribution in [-0.2, 0) is 19.4 Å². The molecule has 0 saturated carbocycles. The molecule has 1 aliphatic carbocycles. The van der Waals surface area contributed by atoms with Crippen LogP contribution in [0.25, 0.3) is 0 Å². The fourth-order valence-corrected chi connectivity index (χ4v) is 2.35. The number of aryl methyl sites for hydroxylation is 2. The van der Waals surface area contributed by atoms with Gasteiger partial charge in [0.2, 0.25) is 0 Å². The second-order valence-electron chi connectivity index (χ2n) is 4.96. The van der Waals surface area contributed by atoms with Gasteiger partial charge in [-0.3, -0.25) is 4.90 Å². The summed E-state index contributed by atoms with van der Waals surface area (Å²) in [6.07, 6.45) is 3.86. The molecule has 1 aliphatic rings. The number of nitrogens with two attached hydrogens (primary N) is 1. The monoisotopic (exact) mass is 218 g/mol. The molecule has 0 saturated heterocycles. The van der Waals surface area contributed by atoms with E-state index in [0.717, 1.165) is 13.1 Å². The second kappa shape index (κ2) is 4.98. The summed E-state index contributed by atoms with van der Waals surface area (Å²) in [5, 5.41) is 0. The van der Waals surface area contributed by atoms with Crippen LogP contribution in [0.5, 0.6) is 0 Å². The zero-order valence-corrected chi connectivity index (χ0v) is 10.4. The normalized spacial score (nSPS) is 16.5. The van der Waals surface area contributed by atoms with Crippen molar-refractivity contribution in [2.75, 3.05) is 13.6 Å². The molecule has 0 heterocycles. The van der Waals surface area contributed by atoms with Crippen LogP contribution in [0.3, 0.4) is 0 Å². The van der Waals surface area contributed by atoms with Gasteiger partial charge in [0.05, 0.1) is 0 Å². The number of fused-ring (bicyclic) bond motifs is 1. The molecule has 2 heteroatoms. The predicted molar refractivity (Wildman–Crippen MR) is 68.5 cm³/mol. The fourth-order valence-electron chi connectivity index (χ4n) is 2.35. The van der Waals surface area contributed by atoms with Gasteiger partial charge in [0.15, 0.2) is 0 Å². The van der Waals surface area contributed by atoms with Crippen molar-refractivity contribution < 1.29 is 0 Å². The maximum atomic E-state index is 5.68. The van der Waals surface area contributed by atoms with Crippen molar-refractivity contribution in [3.8, 4) is 0 Å². The van der Waals surface area contributed by atoms with E-state index in [1.807, 2.05) is 0 Å². The van der Waals surface area contributed by atoms with Gasteiger partial charge in [-0.1, -0.05) is 18.2 Å². The zero-order chi connectivity index (χ0) is 11.5. The van der Waals surface area contributed by atoms with E-state index in [9.17, 15) is 0 Å². The molecule has 2 nitrogen and oxygen atoms in total. The van der Waals surface area contributed by atoms with E-state index in [4.69, 9.17) is 5.73 Å². The largest absolute Gasteiger partial charge is 0.329 e. The second-order valence-corrected chi connectivity index (χ2v) is 4.96. The van der Waals surface area contributed by atoms with Gasteiger partial charge >= 0.3 is 0 Å². The lowest BCUT2D eigenvalue weighted by Crippen LogP contribution is -2.34. The first-order chi connectivity index (χ1) is 7.70. The van der Waals surface area contributed by atoms with Crippen LogP contribution in [0, 0.1) is 0 Å². The fraction of sp³-hybridized carbons (Fsp3) is 0.571. The summed E-state index contributed by atoms with van der Waals surface area (Å²) in [5.41, 5.74) is 10.2. The average molecular weight is 218 g/mol. The highest BCUT2D eigenvalue weighted by Crippen LogP contribution is 2.23. The third kappa shape index (κ3) is 2.45. The molecule has 0 spiro atoms. The summed E-state index contributed by atoms with van der Waals surface area (Å²) in [4.78, 5) is 2.32. The predicted octanol–water partition coefficient (Wildman–Crippen LogP) is 1.95. The molecule has 0 amide bonds. The quantitative estimate of drug-likeness (QED) is 0.837. The third-order valence-electron chi connectivity index (χ3n) is 3.69. The molecular formula is C14H22N2. The van der Waals surface area contributed by atoms with Crippen LogP contribution < -0.4 is 5.73 Å². The number of hydrogen-bond donors (Lipinski definition) is 1. The Kier molecular flexibility index (Phi) is 3.62. The molecule has 2 N–H and O–H groups in total. The van der Waals surface area contributed by atoms with Crippen LogP contribution in [0.2, 0.25) is 0 Å². The van der Waals surface area contributed by atoms with Crippen molar-refractivity contribution in [2.24, 2.45) is 5.73 Å². The molecule has 1 atom stereocenters. The molecule has 0 bridgehead atoms. The number of nitrogens with zero attached hydrogens (tertiary/aromatic N) is 1. The molecule has 0 fully saturated rings. The number of likely N-dealkylation sites (N-methyl/N-ethyl adjacent to an activating group) is 1. The standard InChI is InChI=1S/C14H22N2/c1-11(9-15)16(2)10-12-6-7-13-4-3-5-14(13)8-12/h6-8,11H,3-5,9-10,15H2,1-2H3. The van der Waals surface area contributed by atoms with E-state index in [0.29, 0.717) is 6.04 Å². The highest BCUT2D eigenvalue weighted by molar-refractivity contribution is 5.35. The Morgan fingerprint density at radius 1 is 1.31 bits per heavy atom. The van der Waals surface area contributed by atoms with Gasteiger partial charge in [-0.25, -0.2) is 0 Å². The summed E-state index contributed by atoms with van der Waals surface area (Å²) in [5.74, 6) is 0. The lowest BCUT2D eigenvalue weighted by atomic mass is 10.1. The Morgan fingerprint density at radius 2 is 2.06 bits per heavy atom. The van der Waals surface area contributed by atoms with Gasteiger partial charge in [0.1, 0.15) is 0 Å². The Morgan fingerprint density at radius 3 is 2.81 bits per heavy atom. The van der Waals surface area contributed by atoms with Gasteiger partial charge in [-0.2, -0.15) is 0 Å². The van der Waals surface area contributed by atoms with Crippen molar-refractivity contribution in [1.29, 1.82) is 0 Å². The summed E-state index contributed by atoms with van der Waals surface area (Å²) in [7, 11) is 2.14. The van der Waals surface area contributed by atoms with Gasteiger partial charge < -0.3 is 5.73 Å². The summed E-state index contributed by atoms with van der Waals surface area (Å²) in [6.45, 7) is 3.90. The van der Waals surface area contributed by atoms with Crippen LogP contribution >= 0.6 is 0 Å². The van der Waals surface area contributed by atoms with Crippen molar-refractivity contribution in [3.05, 3.63) is 34.9 Å². The molecule has 1 aromatic carbocycles. The Labute approximate surface area is 98.4 Å². The smallest absolute Gasteiger partial charge is 0.0234 e. The van der Waals surface area contributed by atoms with Gasteiger partial charge in [0, 0.05) is 19.1 Å². The topological polar surface area (TPSA) is 29.3 Å². The van der Waals surface area contributed by atoms with Crippen LogP contribution in [0.4, 0.5) is 0 Å². The van der Waals surface area contributed by atoms with Gasteiger partial charge in [-0.05, 0) is 49.9 Å². The van der Waals surface area contributed by atoms with Gasteiger partial charge in [-0.15, -0.1) is 0 Å².